The smallest absolute Gasteiger partial charge is 0.323 e. The summed E-state index contributed by atoms with van der Waals surface area (Å²) in [7, 11) is 1.60. The van der Waals surface area contributed by atoms with Crippen LogP contribution in [-0.4, -0.2) is 67.1 Å². The van der Waals surface area contributed by atoms with E-state index in [1.807, 2.05) is 12.1 Å². The summed E-state index contributed by atoms with van der Waals surface area (Å²) >= 11 is 1.41. The number of carbonyl (C=O) groups is 1. The Hall–Kier alpha value is -1.94. The van der Waals surface area contributed by atoms with Crippen LogP contribution in [0.25, 0.3) is 10.2 Å². The number of hydrogen-bond acceptors (Lipinski definition) is 7. The normalized spacial score (nSPS) is 21.4. The van der Waals surface area contributed by atoms with Crippen LogP contribution < -0.4 is 10.1 Å². The van der Waals surface area contributed by atoms with Crippen molar-refractivity contribution in [2.75, 3.05) is 45.3 Å². The molecule has 0 saturated carbocycles. The van der Waals surface area contributed by atoms with Crippen LogP contribution in [0.4, 0.5) is 9.93 Å². The first-order valence-electron chi connectivity index (χ1n) is 9.06. The van der Waals surface area contributed by atoms with Gasteiger partial charge in [-0.05, 0) is 18.9 Å². The Labute approximate surface area is 161 Å². The van der Waals surface area contributed by atoms with Crippen molar-refractivity contribution in [2.24, 2.45) is 0 Å². The van der Waals surface area contributed by atoms with Crippen molar-refractivity contribution in [3.8, 4) is 5.75 Å². The molecule has 0 radical (unpaired) electrons. The lowest BCUT2D eigenvalue weighted by Gasteiger charge is -2.29. The lowest BCUT2D eigenvalue weighted by molar-refractivity contribution is -0.0895. The number of likely N-dealkylation sites (tertiary alicyclic amines) is 1. The molecule has 2 amide bonds. The predicted molar refractivity (Wildman–Crippen MR) is 102 cm³/mol. The Morgan fingerprint density at radius 1 is 1.37 bits per heavy atom. The van der Waals surface area contributed by atoms with Crippen LogP contribution in [0, 0.1) is 0 Å². The summed E-state index contributed by atoms with van der Waals surface area (Å²) in [6, 6.07) is 3.64. The van der Waals surface area contributed by atoms with Crippen LogP contribution in [0.2, 0.25) is 0 Å². The number of nitrogens with one attached hydrogen (secondary N) is 1. The molecule has 3 heterocycles. The van der Waals surface area contributed by atoms with E-state index in [0.29, 0.717) is 62.1 Å². The third-order valence-corrected chi connectivity index (χ3v) is 5.91. The summed E-state index contributed by atoms with van der Waals surface area (Å²) in [5.74, 6) is 0.656. The van der Waals surface area contributed by atoms with Gasteiger partial charge in [0.05, 0.1) is 37.7 Å². The predicted octanol–water partition coefficient (Wildman–Crippen LogP) is 2.38. The Morgan fingerprint density at radius 3 is 2.89 bits per heavy atom. The zero-order chi connectivity index (χ0) is 18.8. The molecule has 1 aromatic carbocycles. The molecule has 9 heteroatoms. The highest BCUT2D eigenvalue weighted by Crippen LogP contribution is 2.39. The highest BCUT2D eigenvalue weighted by Gasteiger charge is 2.25. The van der Waals surface area contributed by atoms with Crippen molar-refractivity contribution < 1.29 is 24.1 Å². The molecular weight excluding hydrogens is 370 g/mol. The number of anilines is 1. The van der Waals surface area contributed by atoms with Gasteiger partial charge in [0.15, 0.2) is 5.13 Å². The fraction of sp³-hybridized carbons (Fsp3) is 0.556. The van der Waals surface area contributed by atoms with E-state index < -0.39 is 0 Å². The Bertz CT molecular complexity index is 813. The first kappa shape index (κ1) is 18.4. The molecule has 27 heavy (non-hydrogen) atoms. The van der Waals surface area contributed by atoms with E-state index in [2.05, 4.69) is 10.3 Å². The van der Waals surface area contributed by atoms with Crippen molar-refractivity contribution in [3.05, 3.63) is 17.7 Å². The molecule has 8 nitrogen and oxygen atoms in total. The molecule has 2 fully saturated rings. The van der Waals surface area contributed by atoms with E-state index in [9.17, 15) is 9.90 Å². The summed E-state index contributed by atoms with van der Waals surface area (Å²) in [4.78, 5) is 18.8. The maximum atomic E-state index is 12.5. The fourth-order valence-corrected chi connectivity index (χ4v) is 4.41. The minimum Gasteiger partial charge on any atom is -0.494 e. The topological polar surface area (TPSA) is 93.2 Å². The van der Waals surface area contributed by atoms with E-state index >= 15 is 0 Å². The van der Waals surface area contributed by atoms with Gasteiger partial charge >= 0.3 is 6.03 Å². The van der Waals surface area contributed by atoms with Gasteiger partial charge in [0, 0.05) is 18.7 Å². The number of nitrogens with zero attached hydrogens (tertiary/aromatic N) is 2. The second-order valence-electron chi connectivity index (χ2n) is 6.64. The van der Waals surface area contributed by atoms with Crippen molar-refractivity contribution in [1.29, 1.82) is 0 Å². The number of aliphatic hydroxyl groups excluding tert-OH is 1. The van der Waals surface area contributed by atoms with Crippen molar-refractivity contribution >= 4 is 32.7 Å². The molecule has 0 bridgehead atoms. The number of carbonyl (C=O) groups excluding carboxylic acids is 1. The zero-order valence-electron chi connectivity index (χ0n) is 15.1. The van der Waals surface area contributed by atoms with Gasteiger partial charge in [0.25, 0.3) is 0 Å². The number of methoxy groups -OCH3 is 1. The third-order valence-electron chi connectivity index (χ3n) is 4.89. The van der Waals surface area contributed by atoms with Gasteiger partial charge in [0.2, 0.25) is 0 Å². The molecule has 1 aromatic heterocycles. The summed E-state index contributed by atoms with van der Waals surface area (Å²) in [6.45, 7) is 2.74. The Kier molecular flexibility index (Phi) is 5.44. The van der Waals surface area contributed by atoms with Crippen LogP contribution in [0.3, 0.4) is 0 Å². The standard InChI is InChI=1S/C18H23N3O5S/c1-24-13-3-2-12(14-10-25-8-9-26-14)16-15(13)19-17(27-16)20-18(23)21-6-4-11(22)5-7-21/h2-3,11,14,22H,4-10H2,1H3,(H,19,20,23). The second kappa shape index (κ2) is 7.97. The number of aliphatic hydroxyl groups is 1. The van der Waals surface area contributed by atoms with E-state index in [-0.39, 0.29) is 18.2 Å². The lowest BCUT2D eigenvalue weighted by Crippen LogP contribution is -2.42. The van der Waals surface area contributed by atoms with Crippen molar-refractivity contribution in [3.63, 3.8) is 0 Å². The second-order valence-corrected chi connectivity index (χ2v) is 7.64. The van der Waals surface area contributed by atoms with Crippen LogP contribution in [0.1, 0.15) is 24.5 Å². The first-order chi connectivity index (χ1) is 13.2. The van der Waals surface area contributed by atoms with Crippen LogP contribution in [0.5, 0.6) is 5.75 Å². The number of urea groups is 1. The molecule has 1 atom stereocenters. The highest BCUT2D eigenvalue weighted by molar-refractivity contribution is 7.22. The van der Waals surface area contributed by atoms with Gasteiger partial charge in [-0.2, -0.15) is 0 Å². The summed E-state index contributed by atoms with van der Waals surface area (Å²) in [5.41, 5.74) is 1.70. The van der Waals surface area contributed by atoms with Gasteiger partial charge in [-0.1, -0.05) is 17.4 Å². The molecule has 0 spiro atoms. The lowest BCUT2D eigenvalue weighted by atomic mass is 10.1. The maximum absolute atomic E-state index is 12.5. The molecule has 1 unspecified atom stereocenters. The number of fused-ring (bicyclic) bond motifs is 1. The van der Waals surface area contributed by atoms with E-state index in [4.69, 9.17) is 14.2 Å². The van der Waals surface area contributed by atoms with Gasteiger partial charge in [-0.15, -0.1) is 0 Å². The van der Waals surface area contributed by atoms with Crippen LogP contribution >= 0.6 is 11.3 Å². The third kappa shape index (κ3) is 3.86. The van der Waals surface area contributed by atoms with Gasteiger partial charge in [0.1, 0.15) is 17.4 Å². The average Bonchev–Trinajstić information content (AvgIpc) is 3.11. The summed E-state index contributed by atoms with van der Waals surface area (Å²) in [5, 5.41) is 13.0. The number of aromatic nitrogens is 1. The van der Waals surface area contributed by atoms with Crippen molar-refractivity contribution in [1.82, 2.24) is 9.88 Å². The SMILES string of the molecule is COc1ccc(C2COCCO2)c2sc(NC(=O)N3CCC(O)CC3)nc12. The first-order valence-corrected chi connectivity index (χ1v) is 9.88. The number of rotatable bonds is 3. The fourth-order valence-electron chi connectivity index (χ4n) is 3.38. The molecule has 2 aromatic rings. The zero-order valence-corrected chi connectivity index (χ0v) is 16.0. The maximum Gasteiger partial charge on any atom is 0.323 e. The molecule has 2 aliphatic heterocycles. The number of amides is 2. The molecule has 146 valence electrons. The van der Waals surface area contributed by atoms with Gasteiger partial charge in [-0.25, -0.2) is 9.78 Å². The van der Waals surface area contributed by atoms with Crippen molar-refractivity contribution in [2.45, 2.75) is 25.0 Å². The van der Waals surface area contributed by atoms with Gasteiger partial charge in [-0.3, -0.25) is 5.32 Å². The number of thiazole rings is 1. The minimum atomic E-state index is -0.318. The average molecular weight is 393 g/mol. The summed E-state index contributed by atoms with van der Waals surface area (Å²) in [6.07, 6.45) is 0.731. The van der Waals surface area contributed by atoms with E-state index in [0.717, 1.165) is 10.3 Å². The number of piperidine rings is 1. The molecule has 4 rings (SSSR count). The Morgan fingerprint density at radius 2 is 2.19 bits per heavy atom. The van der Waals surface area contributed by atoms with Gasteiger partial charge < -0.3 is 24.2 Å². The quantitative estimate of drug-likeness (QED) is 0.832. The highest BCUT2D eigenvalue weighted by atomic mass is 32.1. The van der Waals surface area contributed by atoms with Crippen LogP contribution in [-0.2, 0) is 9.47 Å². The molecule has 0 aliphatic carbocycles. The molecule has 2 aliphatic rings. The molecule has 2 N–H and O–H groups in total. The number of benzene rings is 1. The molecule has 2 saturated heterocycles. The largest absolute Gasteiger partial charge is 0.494 e. The number of hydrogen-bond donors (Lipinski definition) is 2. The monoisotopic (exact) mass is 393 g/mol. The van der Waals surface area contributed by atoms with E-state index in [1.165, 1.54) is 11.3 Å². The minimum absolute atomic E-state index is 0.153. The molecular formula is C18H23N3O5S. The Balaban J connectivity index is 1.59. The number of ether oxygens (including phenoxy) is 3. The summed E-state index contributed by atoms with van der Waals surface area (Å²) < 4.78 is 17.7. The van der Waals surface area contributed by atoms with E-state index in [1.54, 1.807) is 12.0 Å². The van der Waals surface area contributed by atoms with Crippen LogP contribution in [0.15, 0.2) is 12.1 Å².